The molecule has 0 aromatic heterocycles. The smallest absolute Gasteiger partial charge is 0.138 e. The van der Waals surface area contributed by atoms with E-state index in [2.05, 4.69) is 31.9 Å². The summed E-state index contributed by atoms with van der Waals surface area (Å²) in [7, 11) is 0. The van der Waals surface area contributed by atoms with Gasteiger partial charge in [0.2, 0.25) is 0 Å². The van der Waals surface area contributed by atoms with Crippen molar-refractivity contribution in [1.82, 2.24) is 0 Å². The van der Waals surface area contributed by atoms with Crippen molar-refractivity contribution in [3.05, 3.63) is 26.6 Å². The van der Waals surface area contributed by atoms with Gasteiger partial charge in [-0.05, 0) is 44.0 Å². The van der Waals surface area contributed by atoms with E-state index in [0.717, 1.165) is 4.47 Å². The SMILES string of the molecule is O=C=Cc1ccc(Br)c(Br)c1O. The molecule has 0 aliphatic heterocycles. The fourth-order valence-electron chi connectivity index (χ4n) is 0.735. The van der Waals surface area contributed by atoms with Gasteiger partial charge in [0.25, 0.3) is 0 Å². The van der Waals surface area contributed by atoms with E-state index in [9.17, 15) is 9.90 Å². The molecule has 1 N–H and O–H groups in total. The monoisotopic (exact) mass is 290 g/mol. The first kappa shape index (κ1) is 9.52. The zero-order chi connectivity index (χ0) is 9.14. The Morgan fingerprint density at radius 2 is 2.08 bits per heavy atom. The maximum Gasteiger partial charge on any atom is 0.138 e. The van der Waals surface area contributed by atoms with Crippen LogP contribution in [0, 0.1) is 0 Å². The Bertz CT molecular complexity index is 354. The Labute approximate surface area is 86.2 Å². The molecule has 1 aromatic carbocycles. The summed E-state index contributed by atoms with van der Waals surface area (Å²) in [6.07, 6.45) is 1.17. The summed E-state index contributed by atoms with van der Waals surface area (Å²) < 4.78 is 1.27. The van der Waals surface area contributed by atoms with E-state index in [1.807, 2.05) is 0 Å². The predicted molar refractivity (Wildman–Crippen MR) is 53.7 cm³/mol. The highest BCUT2D eigenvalue weighted by Crippen LogP contribution is 2.34. The molecule has 1 rings (SSSR count). The first-order valence-electron chi connectivity index (χ1n) is 3.04. The van der Waals surface area contributed by atoms with E-state index in [-0.39, 0.29) is 5.75 Å². The molecule has 0 saturated carbocycles. The van der Waals surface area contributed by atoms with Gasteiger partial charge in [-0.1, -0.05) is 0 Å². The number of halogens is 2. The van der Waals surface area contributed by atoms with Crippen molar-refractivity contribution in [1.29, 1.82) is 0 Å². The molecule has 0 atom stereocenters. The van der Waals surface area contributed by atoms with Crippen LogP contribution in [0.15, 0.2) is 21.1 Å². The van der Waals surface area contributed by atoms with E-state index in [0.29, 0.717) is 10.0 Å². The molecule has 0 fully saturated rings. The van der Waals surface area contributed by atoms with Gasteiger partial charge in [0.05, 0.1) is 4.47 Å². The van der Waals surface area contributed by atoms with Crippen molar-refractivity contribution < 1.29 is 9.90 Å². The summed E-state index contributed by atoms with van der Waals surface area (Å²) in [4.78, 5) is 10.0. The number of rotatable bonds is 1. The average molecular weight is 292 g/mol. The van der Waals surface area contributed by atoms with Crippen LogP contribution in [0.2, 0.25) is 0 Å². The third-order valence-electron chi connectivity index (χ3n) is 1.31. The second kappa shape index (κ2) is 3.90. The molecule has 0 bridgehead atoms. The number of hydrogen-bond donors (Lipinski definition) is 1. The largest absolute Gasteiger partial charge is 0.506 e. The molecule has 0 unspecified atom stereocenters. The Kier molecular flexibility index (Phi) is 3.09. The fourth-order valence-corrected chi connectivity index (χ4v) is 1.42. The van der Waals surface area contributed by atoms with Crippen molar-refractivity contribution in [2.75, 3.05) is 0 Å². The second-order valence-electron chi connectivity index (χ2n) is 2.06. The minimum absolute atomic E-state index is 0.0349. The quantitative estimate of drug-likeness (QED) is 0.808. The van der Waals surface area contributed by atoms with Gasteiger partial charge < -0.3 is 5.11 Å². The van der Waals surface area contributed by atoms with E-state index < -0.39 is 0 Å². The van der Waals surface area contributed by atoms with Crippen LogP contribution in [0.5, 0.6) is 5.75 Å². The number of carbonyl (C=O) groups excluding carboxylic acids is 1. The highest BCUT2D eigenvalue weighted by atomic mass is 79.9. The van der Waals surface area contributed by atoms with Crippen LogP contribution in [0.1, 0.15) is 5.56 Å². The number of hydrogen-bond acceptors (Lipinski definition) is 2. The first-order chi connectivity index (χ1) is 5.66. The number of phenolic OH excluding ortho intramolecular Hbond substituents is 1. The summed E-state index contributed by atoms with van der Waals surface area (Å²) >= 11 is 6.37. The molecule has 62 valence electrons. The number of aromatic hydroxyl groups is 1. The molecule has 12 heavy (non-hydrogen) atoms. The van der Waals surface area contributed by atoms with Crippen LogP contribution in [0.4, 0.5) is 0 Å². The van der Waals surface area contributed by atoms with Crippen LogP contribution in [-0.2, 0) is 4.79 Å². The second-order valence-corrected chi connectivity index (χ2v) is 3.71. The van der Waals surface area contributed by atoms with Crippen LogP contribution >= 0.6 is 31.9 Å². The lowest BCUT2D eigenvalue weighted by Gasteiger charge is -2.01. The molecule has 2 nitrogen and oxygen atoms in total. The predicted octanol–water partition coefficient (Wildman–Crippen LogP) is 2.76. The molecule has 0 heterocycles. The lowest BCUT2D eigenvalue weighted by atomic mass is 10.2. The number of phenols is 1. The highest BCUT2D eigenvalue weighted by Gasteiger charge is 2.05. The molecular weight excluding hydrogens is 288 g/mol. The van der Waals surface area contributed by atoms with Crippen molar-refractivity contribution in [3.63, 3.8) is 0 Å². The van der Waals surface area contributed by atoms with Gasteiger partial charge in [0.15, 0.2) is 0 Å². The summed E-state index contributed by atoms with van der Waals surface area (Å²) in [6.45, 7) is 0. The van der Waals surface area contributed by atoms with E-state index in [1.165, 1.54) is 6.08 Å². The summed E-state index contributed by atoms with van der Waals surface area (Å²) in [6, 6.07) is 3.35. The van der Waals surface area contributed by atoms with E-state index in [1.54, 1.807) is 18.1 Å². The van der Waals surface area contributed by atoms with Crippen LogP contribution in [0.3, 0.4) is 0 Å². The lowest BCUT2D eigenvalue weighted by molar-refractivity contribution is 0.470. The van der Waals surface area contributed by atoms with Crippen LogP contribution < -0.4 is 0 Å². The third-order valence-corrected chi connectivity index (χ3v) is 3.31. The van der Waals surface area contributed by atoms with Crippen LogP contribution in [0.25, 0.3) is 6.08 Å². The molecule has 1 aromatic rings. The normalized spacial score (nSPS) is 9.17. The van der Waals surface area contributed by atoms with Gasteiger partial charge in [0.1, 0.15) is 11.7 Å². The summed E-state index contributed by atoms with van der Waals surface area (Å²) in [5, 5.41) is 9.42. The first-order valence-corrected chi connectivity index (χ1v) is 4.63. The van der Waals surface area contributed by atoms with Gasteiger partial charge in [-0.2, -0.15) is 0 Å². The molecule has 0 amide bonds. The Morgan fingerprint density at radius 1 is 1.42 bits per heavy atom. The van der Waals surface area contributed by atoms with Gasteiger partial charge in [0, 0.05) is 16.1 Å². The van der Waals surface area contributed by atoms with E-state index >= 15 is 0 Å². The molecule has 0 aliphatic carbocycles. The van der Waals surface area contributed by atoms with Gasteiger partial charge in [-0.25, -0.2) is 4.79 Å². The molecule has 0 spiro atoms. The third kappa shape index (κ3) is 1.78. The molecule has 0 saturated heterocycles. The van der Waals surface area contributed by atoms with Gasteiger partial charge >= 0.3 is 0 Å². The fraction of sp³-hybridized carbons (Fsp3) is 0. The summed E-state index contributed by atoms with van der Waals surface area (Å²) in [5.41, 5.74) is 0.445. The van der Waals surface area contributed by atoms with Crippen molar-refractivity contribution >= 4 is 43.9 Å². The van der Waals surface area contributed by atoms with Gasteiger partial charge in [-0.3, -0.25) is 0 Å². The van der Waals surface area contributed by atoms with Crippen molar-refractivity contribution in [3.8, 4) is 5.75 Å². The molecule has 0 aliphatic rings. The van der Waals surface area contributed by atoms with E-state index in [4.69, 9.17) is 0 Å². The maximum atomic E-state index is 10.0. The molecule has 0 radical (unpaired) electrons. The lowest BCUT2D eigenvalue weighted by Crippen LogP contribution is -1.78. The molecule has 4 heteroatoms. The highest BCUT2D eigenvalue weighted by molar-refractivity contribution is 9.13. The minimum Gasteiger partial charge on any atom is -0.506 e. The minimum atomic E-state index is 0.0349. The zero-order valence-corrected chi connectivity index (χ0v) is 9.02. The summed E-state index contributed by atoms with van der Waals surface area (Å²) in [5.74, 6) is 1.64. The average Bonchev–Trinajstić information content (AvgIpc) is 2.07. The Balaban J connectivity index is 3.35. The standard InChI is InChI=1S/C8H4Br2O2/c9-6-2-1-5(3-4-11)8(12)7(6)10/h1-3,12H. The zero-order valence-electron chi connectivity index (χ0n) is 5.84. The van der Waals surface area contributed by atoms with Crippen molar-refractivity contribution in [2.45, 2.75) is 0 Å². The molecular formula is C8H4Br2O2. The topological polar surface area (TPSA) is 37.3 Å². The Morgan fingerprint density at radius 3 is 2.67 bits per heavy atom. The number of benzene rings is 1. The van der Waals surface area contributed by atoms with Gasteiger partial charge in [-0.15, -0.1) is 0 Å². The Hall–Kier alpha value is -0.570. The van der Waals surface area contributed by atoms with Crippen LogP contribution in [-0.4, -0.2) is 11.0 Å². The maximum absolute atomic E-state index is 10.0. The van der Waals surface area contributed by atoms with Crippen molar-refractivity contribution in [2.24, 2.45) is 0 Å².